The first-order valence-corrected chi connectivity index (χ1v) is 9.72. The molecule has 6 nitrogen and oxygen atoms in total. The lowest BCUT2D eigenvalue weighted by molar-refractivity contribution is 0.575. The van der Waals surface area contributed by atoms with Crippen molar-refractivity contribution in [3.05, 3.63) is 23.0 Å². The average Bonchev–Trinajstić information content (AvgIpc) is 2.30. The Labute approximate surface area is 124 Å². The Balaban J connectivity index is 2.97. The molecule has 0 bridgehead atoms. The quantitative estimate of drug-likeness (QED) is 0.588. The van der Waals surface area contributed by atoms with Gasteiger partial charge >= 0.3 is 0 Å². The van der Waals surface area contributed by atoms with Crippen molar-refractivity contribution in [2.75, 3.05) is 24.3 Å². The van der Waals surface area contributed by atoms with E-state index in [1.807, 2.05) is 0 Å². The van der Waals surface area contributed by atoms with Gasteiger partial charge in [0.1, 0.15) is 15.7 Å². The molecule has 0 atom stereocenters. The fourth-order valence-corrected chi connectivity index (χ4v) is 4.18. The second-order valence-corrected chi connectivity index (χ2v) is 8.89. The maximum absolute atomic E-state index is 13.4. The molecule has 0 aliphatic carbocycles. The predicted molar refractivity (Wildman–Crippen MR) is 79.8 cm³/mol. The van der Waals surface area contributed by atoms with Crippen molar-refractivity contribution < 1.29 is 21.2 Å². The van der Waals surface area contributed by atoms with Gasteiger partial charge in [-0.2, -0.15) is 0 Å². The molecular weight excluding hydrogens is 319 g/mol. The van der Waals surface area contributed by atoms with Crippen LogP contribution in [0, 0.1) is 19.7 Å². The molecular formula is C12H19FN2O4S2. The van der Waals surface area contributed by atoms with Gasteiger partial charge in [0.15, 0.2) is 0 Å². The van der Waals surface area contributed by atoms with Gasteiger partial charge in [-0.1, -0.05) is 0 Å². The highest BCUT2D eigenvalue weighted by Gasteiger charge is 2.22. The number of nitrogens with one attached hydrogen (secondary N) is 1. The average molecular weight is 338 g/mol. The van der Waals surface area contributed by atoms with Crippen LogP contribution in [-0.2, 0) is 19.9 Å². The number of sulfonamides is 1. The number of nitrogens with two attached hydrogens (primary N) is 1. The molecule has 0 aliphatic rings. The molecule has 0 amide bonds. The molecule has 0 fully saturated rings. The molecule has 1 aromatic rings. The number of aryl methyl sites for hydroxylation is 1. The van der Waals surface area contributed by atoms with E-state index in [1.165, 1.54) is 13.8 Å². The molecule has 0 spiro atoms. The summed E-state index contributed by atoms with van der Waals surface area (Å²) in [7, 11) is -7.01. The van der Waals surface area contributed by atoms with Crippen LogP contribution in [0.15, 0.2) is 11.0 Å². The van der Waals surface area contributed by atoms with Crippen LogP contribution in [0.25, 0.3) is 0 Å². The number of sulfone groups is 1. The smallest absolute Gasteiger partial charge is 0.241 e. The number of nitrogen functional groups attached to an aromatic ring is 1. The van der Waals surface area contributed by atoms with Crippen LogP contribution in [-0.4, -0.2) is 35.4 Å². The van der Waals surface area contributed by atoms with E-state index >= 15 is 0 Å². The summed E-state index contributed by atoms with van der Waals surface area (Å²) in [5.41, 5.74) is 5.69. The Morgan fingerprint density at radius 3 is 2.33 bits per heavy atom. The molecule has 1 aromatic carbocycles. The Hall–Kier alpha value is -1.19. The van der Waals surface area contributed by atoms with Crippen LogP contribution in [0.4, 0.5) is 10.1 Å². The number of halogens is 1. The largest absolute Gasteiger partial charge is 0.396 e. The van der Waals surface area contributed by atoms with E-state index in [9.17, 15) is 21.2 Å². The summed E-state index contributed by atoms with van der Waals surface area (Å²) in [5.74, 6) is -0.778. The van der Waals surface area contributed by atoms with Crippen LogP contribution in [0.3, 0.4) is 0 Å². The predicted octanol–water partition coefficient (Wildman–Crippen LogP) is 0.738. The SMILES string of the molecule is Cc1cc(F)c(N)c(C)c1S(=O)(=O)NCCCS(C)(=O)=O. The Morgan fingerprint density at radius 2 is 1.81 bits per heavy atom. The molecule has 0 radical (unpaired) electrons. The third kappa shape index (κ3) is 4.65. The van der Waals surface area contributed by atoms with E-state index in [2.05, 4.69) is 4.72 Å². The van der Waals surface area contributed by atoms with Crippen LogP contribution in [0.5, 0.6) is 0 Å². The summed E-state index contributed by atoms with van der Waals surface area (Å²) in [6, 6.07) is 1.06. The number of anilines is 1. The highest BCUT2D eigenvalue weighted by molar-refractivity contribution is 7.90. The second-order valence-electron chi connectivity index (χ2n) is 4.92. The minimum absolute atomic E-state index is 0.0223. The van der Waals surface area contributed by atoms with Gasteiger partial charge in [0.05, 0.1) is 16.3 Å². The third-order valence-electron chi connectivity index (χ3n) is 2.96. The third-order valence-corrected chi connectivity index (χ3v) is 5.74. The van der Waals surface area contributed by atoms with Gasteiger partial charge in [0.2, 0.25) is 10.0 Å². The molecule has 0 heterocycles. The van der Waals surface area contributed by atoms with Gasteiger partial charge in [-0.25, -0.2) is 25.9 Å². The highest BCUT2D eigenvalue weighted by atomic mass is 32.2. The standard InChI is InChI=1S/C12H19FN2O4S2/c1-8-7-10(13)11(14)9(2)12(8)21(18,19)15-5-4-6-20(3,16)17/h7,15H,4-6,14H2,1-3H3. The summed E-state index contributed by atoms with van der Waals surface area (Å²) < 4.78 is 62.2. The summed E-state index contributed by atoms with van der Waals surface area (Å²) >= 11 is 0. The Morgan fingerprint density at radius 1 is 1.24 bits per heavy atom. The van der Waals surface area contributed by atoms with Crippen molar-refractivity contribution in [1.82, 2.24) is 4.72 Å². The molecule has 0 aromatic heterocycles. The molecule has 0 unspecified atom stereocenters. The van der Waals surface area contributed by atoms with Gasteiger partial charge in [0, 0.05) is 12.8 Å². The molecule has 1 rings (SSSR count). The lowest BCUT2D eigenvalue weighted by atomic mass is 10.1. The fraction of sp³-hybridized carbons (Fsp3) is 0.500. The van der Waals surface area contributed by atoms with Crippen molar-refractivity contribution in [1.29, 1.82) is 0 Å². The first-order valence-electron chi connectivity index (χ1n) is 6.18. The van der Waals surface area contributed by atoms with Crippen LogP contribution in [0.2, 0.25) is 0 Å². The van der Waals surface area contributed by atoms with Crippen molar-refractivity contribution in [3.63, 3.8) is 0 Å². The lowest BCUT2D eigenvalue weighted by Gasteiger charge is -2.14. The topological polar surface area (TPSA) is 106 Å². The minimum atomic E-state index is -3.87. The zero-order valence-corrected chi connectivity index (χ0v) is 13.7. The summed E-state index contributed by atoms with van der Waals surface area (Å²) in [5, 5.41) is 0. The van der Waals surface area contributed by atoms with Gasteiger partial charge in [-0.15, -0.1) is 0 Å². The fourth-order valence-electron chi connectivity index (χ4n) is 1.96. The van der Waals surface area contributed by atoms with E-state index in [0.717, 1.165) is 12.3 Å². The Kier molecular flexibility index (Phi) is 5.35. The molecule has 120 valence electrons. The van der Waals surface area contributed by atoms with Crippen molar-refractivity contribution in [3.8, 4) is 0 Å². The van der Waals surface area contributed by atoms with Crippen LogP contribution >= 0.6 is 0 Å². The molecule has 0 saturated carbocycles. The monoisotopic (exact) mass is 338 g/mol. The zero-order chi connectivity index (χ0) is 16.4. The van der Waals surface area contributed by atoms with E-state index in [-0.39, 0.29) is 40.4 Å². The zero-order valence-electron chi connectivity index (χ0n) is 12.1. The number of rotatable bonds is 6. The van der Waals surface area contributed by atoms with Crippen molar-refractivity contribution >= 4 is 25.5 Å². The molecule has 9 heteroatoms. The van der Waals surface area contributed by atoms with Gasteiger partial charge in [-0.3, -0.25) is 0 Å². The van der Waals surface area contributed by atoms with Crippen LogP contribution < -0.4 is 10.5 Å². The highest BCUT2D eigenvalue weighted by Crippen LogP contribution is 2.27. The van der Waals surface area contributed by atoms with Crippen LogP contribution in [0.1, 0.15) is 17.5 Å². The number of hydrogen-bond donors (Lipinski definition) is 2. The second kappa shape index (κ2) is 6.29. The van der Waals surface area contributed by atoms with Crippen molar-refractivity contribution in [2.24, 2.45) is 0 Å². The van der Waals surface area contributed by atoms with E-state index < -0.39 is 25.7 Å². The van der Waals surface area contributed by atoms with Gasteiger partial charge < -0.3 is 5.73 Å². The summed E-state index contributed by atoms with van der Waals surface area (Å²) in [6.07, 6.45) is 1.24. The number of benzene rings is 1. The van der Waals surface area contributed by atoms with Gasteiger partial charge in [0.25, 0.3) is 0 Å². The number of hydrogen-bond acceptors (Lipinski definition) is 5. The summed E-state index contributed by atoms with van der Waals surface area (Å²) in [6.45, 7) is 2.88. The molecule has 21 heavy (non-hydrogen) atoms. The minimum Gasteiger partial charge on any atom is -0.396 e. The van der Waals surface area contributed by atoms with E-state index in [0.29, 0.717) is 0 Å². The molecule has 0 aliphatic heterocycles. The van der Waals surface area contributed by atoms with Gasteiger partial charge in [-0.05, 0) is 37.5 Å². The first kappa shape index (κ1) is 17.9. The first-order chi connectivity index (χ1) is 9.46. The Bertz CT molecular complexity index is 743. The maximum Gasteiger partial charge on any atom is 0.241 e. The maximum atomic E-state index is 13.4. The van der Waals surface area contributed by atoms with E-state index in [4.69, 9.17) is 5.73 Å². The lowest BCUT2D eigenvalue weighted by Crippen LogP contribution is -2.27. The normalized spacial score (nSPS) is 12.6. The van der Waals surface area contributed by atoms with Crippen molar-refractivity contribution in [2.45, 2.75) is 25.2 Å². The molecule has 0 saturated heterocycles. The summed E-state index contributed by atoms with van der Waals surface area (Å²) in [4.78, 5) is -0.0687. The molecule has 3 N–H and O–H groups in total. The van der Waals surface area contributed by atoms with E-state index in [1.54, 1.807) is 0 Å².